The minimum absolute atomic E-state index is 0.0719. The number of hydrogen-bond acceptors (Lipinski definition) is 4. The van der Waals surface area contributed by atoms with Crippen LogP contribution in [0.3, 0.4) is 0 Å². The van der Waals surface area contributed by atoms with Crippen molar-refractivity contribution < 1.29 is 13.2 Å². The van der Waals surface area contributed by atoms with Gasteiger partial charge in [0.15, 0.2) is 0 Å². The summed E-state index contributed by atoms with van der Waals surface area (Å²) in [6.45, 7) is 1.89. The number of amides is 1. The summed E-state index contributed by atoms with van der Waals surface area (Å²) in [5.41, 5.74) is 0.827. The third-order valence-corrected chi connectivity index (χ3v) is 4.59. The predicted octanol–water partition coefficient (Wildman–Crippen LogP) is 1.06. The number of nitrogens with zero attached hydrogens (tertiary/aromatic N) is 2. The number of carbonyl (C=O) groups excluding carboxylic acids is 1. The summed E-state index contributed by atoms with van der Waals surface area (Å²) in [4.78, 5) is 17.2. The van der Waals surface area contributed by atoms with Gasteiger partial charge in [-0.05, 0) is 18.6 Å². The van der Waals surface area contributed by atoms with Crippen molar-refractivity contribution in [2.24, 2.45) is 0 Å². The molecule has 1 aliphatic heterocycles. The fraction of sp³-hybridized carbons (Fsp3) is 0.400. The fourth-order valence-electron chi connectivity index (χ4n) is 1.83. The molecule has 1 aromatic rings. The minimum atomic E-state index is -3.71. The standard InChI is InChI=1S/C10H11ClN2O3S/c1-7-3-2-4-12-10(7)13-6-8(5-9(13)14)17(11,15)16/h2-4,8H,5-6H2,1H3. The Balaban J connectivity index is 2.31. The van der Waals surface area contributed by atoms with E-state index in [2.05, 4.69) is 4.98 Å². The van der Waals surface area contributed by atoms with E-state index in [1.54, 1.807) is 12.3 Å². The summed E-state index contributed by atoms with van der Waals surface area (Å²) in [6.07, 6.45) is 1.49. The average molecular weight is 275 g/mol. The minimum Gasteiger partial charge on any atom is -0.295 e. The molecule has 1 amide bonds. The number of anilines is 1. The lowest BCUT2D eigenvalue weighted by Gasteiger charge is -2.16. The molecule has 5 nitrogen and oxygen atoms in total. The average Bonchev–Trinajstić information content (AvgIpc) is 2.61. The highest BCUT2D eigenvalue weighted by Crippen LogP contribution is 2.26. The van der Waals surface area contributed by atoms with Crippen molar-refractivity contribution in [3.8, 4) is 0 Å². The SMILES string of the molecule is Cc1cccnc1N1CC(S(=O)(=O)Cl)CC1=O. The highest BCUT2D eigenvalue weighted by Gasteiger charge is 2.38. The smallest absolute Gasteiger partial charge is 0.237 e. The first-order valence-electron chi connectivity index (χ1n) is 5.05. The highest BCUT2D eigenvalue weighted by atomic mass is 35.7. The van der Waals surface area contributed by atoms with Crippen LogP contribution in [0.2, 0.25) is 0 Å². The number of rotatable bonds is 2. The van der Waals surface area contributed by atoms with Crippen molar-refractivity contribution in [1.82, 2.24) is 4.98 Å². The molecule has 1 fully saturated rings. The van der Waals surface area contributed by atoms with Gasteiger partial charge in [-0.15, -0.1) is 0 Å². The fourth-order valence-corrected chi connectivity index (χ4v) is 2.85. The molecular formula is C10H11ClN2O3S. The molecule has 0 radical (unpaired) electrons. The maximum Gasteiger partial charge on any atom is 0.237 e. The van der Waals surface area contributed by atoms with Crippen LogP contribution in [-0.4, -0.2) is 31.1 Å². The molecule has 0 bridgehead atoms. The Morgan fingerprint density at radius 3 is 2.76 bits per heavy atom. The van der Waals surface area contributed by atoms with Crippen molar-refractivity contribution >= 4 is 31.5 Å². The van der Waals surface area contributed by atoms with Crippen LogP contribution >= 0.6 is 10.7 Å². The van der Waals surface area contributed by atoms with E-state index in [1.165, 1.54) is 4.90 Å². The Bertz CT molecular complexity index is 558. The van der Waals surface area contributed by atoms with E-state index < -0.39 is 14.3 Å². The topological polar surface area (TPSA) is 67.3 Å². The van der Waals surface area contributed by atoms with Gasteiger partial charge in [-0.25, -0.2) is 13.4 Å². The van der Waals surface area contributed by atoms with Gasteiger partial charge in [0.1, 0.15) is 11.1 Å². The normalized spacial score (nSPS) is 20.9. The molecule has 2 heterocycles. The molecule has 1 aliphatic rings. The van der Waals surface area contributed by atoms with Gasteiger partial charge < -0.3 is 0 Å². The second-order valence-electron chi connectivity index (χ2n) is 3.95. The van der Waals surface area contributed by atoms with Gasteiger partial charge in [0.05, 0.1) is 0 Å². The molecule has 2 rings (SSSR count). The zero-order valence-electron chi connectivity index (χ0n) is 9.13. The van der Waals surface area contributed by atoms with E-state index in [9.17, 15) is 13.2 Å². The second kappa shape index (κ2) is 4.27. The monoisotopic (exact) mass is 274 g/mol. The lowest BCUT2D eigenvalue weighted by atomic mass is 10.3. The number of hydrogen-bond donors (Lipinski definition) is 0. The number of carbonyl (C=O) groups is 1. The molecule has 0 saturated carbocycles. The summed E-state index contributed by atoms with van der Waals surface area (Å²) in [5, 5.41) is -0.849. The maximum absolute atomic E-state index is 11.7. The largest absolute Gasteiger partial charge is 0.295 e. The van der Waals surface area contributed by atoms with Crippen LogP contribution in [-0.2, 0) is 13.8 Å². The molecule has 92 valence electrons. The van der Waals surface area contributed by atoms with Crippen LogP contribution in [0.5, 0.6) is 0 Å². The first kappa shape index (κ1) is 12.3. The summed E-state index contributed by atoms with van der Waals surface area (Å²) in [6, 6.07) is 3.58. The van der Waals surface area contributed by atoms with E-state index in [1.807, 2.05) is 13.0 Å². The number of aromatic nitrogens is 1. The summed E-state index contributed by atoms with van der Waals surface area (Å²) < 4.78 is 22.4. The summed E-state index contributed by atoms with van der Waals surface area (Å²) in [7, 11) is 1.56. The van der Waals surface area contributed by atoms with Gasteiger partial charge in [-0.3, -0.25) is 9.69 Å². The van der Waals surface area contributed by atoms with Crippen molar-refractivity contribution in [3.63, 3.8) is 0 Å². The van der Waals surface area contributed by atoms with E-state index in [4.69, 9.17) is 10.7 Å². The molecule has 0 aromatic carbocycles. The molecule has 0 spiro atoms. The Kier molecular flexibility index (Phi) is 3.09. The van der Waals surface area contributed by atoms with Gasteiger partial charge in [0, 0.05) is 29.8 Å². The van der Waals surface area contributed by atoms with Crippen molar-refractivity contribution in [2.45, 2.75) is 18.6 Å². The van der Waals surface area contributed by atoms with Crippen molar-refractivity contribution in [2.75, 3.05) is 11.4 Å². The Hall–Kier alpha value is -1.14. The van der Waals surface area contributed by atoms with E-state index in [-0.39, 0.29) is 18.9 Å². The number of pyridine rings is 1. The van der Waals surface area contributed by atoms with Gasteiger partial charge >= 0.3 is 0 Å². The van der Waals surface area contributed by atoms with Crippen LogP contribution in [0, 0.1) is 6.92 Å². The predicted molar refractivity (Wildman–Crippen MR) is 64.5 cm³/mol. The van der Waals surface area contributed by atoms with Gasteiger partial charge in [0.2, 0.25) is 15.0 Å². The van der Waals surface area contributed by atoms with Gasteiger partial charge in [0.25, 0.3) is 0 Å². The van der Waals surface area contributed by atoms with Crippen LogP contribution < -0.4 is 4.90 Å². The Morgan fingerprint density at radius 2 is 2.24 bits per heavy atom. The Labute approximate surface area is 104 Å². The first-order chi connectivity index (χ1) is 7.89. The molecule has 1 saturated heterocycles. The van der Waals surface area contributed by atoms with Crippen molar-refractivity contribution in [1.29, 1.82) is 0 Å². The second-order valence-corrected chi connectivity index (χ2v) is 6.86. The third kappa shape index (κ3) is 2.42. The summed E-state index contributed by atoms with van der Waals surface area (Å²) >= 11 is 0. The van der Waals surface area contributed by atoms with Crippen LogP contribution in [0.1, 0.15) is 12.0 Å². The molecule has 17 heavy (non-hydrogen) atoms. The van der Waals surface area contributed by atoms with Gasteiger partial charge in [-0.2, -0.15) is 0 Å². The van der Waals surface area contributed by atoms with Crippen molar-refractivity contribution in [3.05, 3.63) is 23.9 Å². The Morgan fingerprint density at radius 1 is 1.53 bits per heavy atom. The maximum atomic E-state index is 11.7. The van der Waals surface area contributed by atoms with E-state index in [0.717, 1.165) is 5.56 Å². The van der Waals surface area contributed by atoms with E-state index >= 15 is 0 Å². The van der Waals surface area contributed by atoms with Crippen LogP contribution in [0.25, 0.3) is 0 Å². The zero-order chi connectivity index (χ0) is 12.6. The molecule has 1 unspecified atom stereocenters. The quantitative estimate of drug-likeness (QED) is 0.757. The zero-order valence-corrected chi connectivity index (χ0v) is 10.7. The first-order valence-corrected chi connectivity index (χ1v) is 7.42. The van der Waals surface area contributed by atoms with Crippen LogP contribution in [0.15, 0.2) is 18.3 Å². The molecule has 1 atom stereocenters. The number of halogens is 1. The lowest BCUT2D eigenvalue weighted by molar-refractivity contribution is -0.117. The molecule has 1 aromatic heterocycles. The molecule has 7 heteroatoms. The van der Waals surface area contributed by atoms with Gasteiger partial charge in [-0.1, -0.05) is 6.07 Å². The van der Waals surface area contributed by atoms with Crippen LogP contribution in [0.4, 0.5) is 5.82 Å². The third-order valence-electron chi connectivity index (χ3n) is 2.73. The molecule has 0 N–H and O–H groups in total. The van der Waals surface area contributed by atoms with E-state index in [0.29, 0.717) is 5.82 Å². The lowest BCUT2D eigenvalue weighted by Crippen LogP contribution is -2.28. The molecular weight excluding hydrogens is 264 g/mol. The number of aryl methyl sites for hydroxylation is 1. The molecule has 0 aliphatic carbocycles. The summed E-state index contributed by atoms with van der Waals surface area (Å²) in [5.74, 6) is 0.237. The highest BCUT2D eigenvalue weighted by molar-refractivity contribution is 8.14.